The van der Waals surface area contributed by atoms with E-state index in [0.29, 0.717) is 0 Å². The third-order valence-electron chi connectivity index (χ3n) is 6.57. The summed E-state index contributed by atoms with van der Waals surface area (Å²) in [7, 11) is 1.84. The first kappa shape index (κ1) is 26.9. The Morgan fingerprint density at radius 2 is 1.32 bits per heavy atom. The van der Waals surface area contributed by atoms with Gasteiger partial charge in [-0.2, -0.15) is 0 Å². The molecule has 6 aromatic rings. The number of ether oxygens (including phenoxy) is 2. The van der Waals surface area contributed by atoms with Gasteiger partial charge >= 0.3 is 0 Å². The highest BCUT2D eigenvalue weighted by Crippen LogP contribution is 2.67. The molecule has 1 unspecified atom stereocenters. The first-order valence-electron chi connectivity index (χ1n) is 12.8. The number of thiophene rings is 2. The van der Waals surface area contributed by atoms with Crippen LogP contribution in [0, 0.1) is 6.07 Å². The summed E-state index contributed by atoms with van der Waals surface area (Å²) in [5.41, 5.74) is 3.24. The van der Waals surface area contributed by atoms with E-state index < -0.39 is 15.2 Å². The third-order valence-corrected chi connectivity index (χ3v) is 16.7. The van der Waals surface area contributed by atoms with Crippen LogP contribution in [0.4, 0.5) is 0 Å². The molecule has 2 heterocycles. The van der Waals surface area contributed by atoms with Crippen molar-refractivity contribution in [2.45, 2.75) is 0 Å². The van der Waals surface area contributed by atoms with E-state index in [-0.39, 0.29) is 0 Å². The SMILES string of the molecule is COc1ccc[c]c1-c1c(OC)cccc1[P@@](c1cccs1)P(c1ccccc1)c1ccc(-c2cccs2)cc1. The van der Waals surface area contributed by atoms with Crippen LogP contribution in [-0.2, 0) is 0 Å². The van der Waals surface area contributed by atoms with Gasteiger partial charge in [0.05, 0.1) is 14.2 Å². The zero-order valence-corrected chi connectivity index (χ0v) is 25.6. The van der Waals surface area contributed by atoms with Crippen LogP contribution in [0.2, 0.25) is 0 Å². The molecule has 0 saturated heterocycles. The quantitative estimate of drug-likeness (QED) is 0.157. The largest absolute Gasteiger partial charge is 0.496 e. The number of methoxy groups -OCH3 is 2. The highest BCUT2D eigenvalue weighted by molar-refractivity contribution is 8.42. The van der Waals surface area contributed by atoms with E-state index in [0.717, 1.165) is 22.6 Å². The van der Waals surface area contributed by atoms with Crippen LogP contribution >= 0.6 is 37.9 Å². The molecule has 0 N–H and O–H groups in total. The minimum atomic E-state index is -0.838. The van der Waals surface area contributed by atoms with Gasteiger partial charge in [-0.05, 0) is 70.2 Å². The maximum absolute atomic E-state index is 6.00. The number of hydrogen-bond acceptors (Lipinski definition) is 4. The summed E-state index contributed by atoms with van der Waals surface area (Å²) in [4.78, 5) is 1.29. The van der Waals surface area contributed by atoms with E-state index in [2.05, 4.69) is 108 Å². The summed E-state index contributed by atoms with van der Waals surface area (Å²) < 4.78 is 13.2. The maximum Gasteiger partial charge on any atom is 0.127 e. The molecule has 2 aromatic heterocycles. The normalized spacial score (nSPS) is 12.6. The Bertz CT molecular complexity index is 1670. The van der Waals surface area contributed by atoms with Crippen LogP contribution in [0.3, 0.4) is 0 Å². The average molecular weight is 594 g/mol. The van der Waals surface area contributed by atoms with Crippen molar-refractivity contribution in [3.8, 4) is 33.1 Å². The Kier molecular flexibility index (Phi) is 8.42. The lowest BCUT2D eigenvalue weighted by Gasteiger charge is -2.31. The molecule has 0 aliphatic carbocycles. The van der Waals surface area contributed by atoms with Crippen molar-refractivity contribution in [1.82, 2.24) is 0 Å². The van der Waals surface area contributed by atoms with E-state index in [1.54, 1.807) is 25.6 Å². The summed E-state index contributed by atoms with van der Waals surface area (Å²) in [6, 6.07) is 44.8. The summed E-state index contributed by atoms with van der Waals surface area (Å²) >= 11 is 3.61. The van der Waals surface area contributed by atoms with Crippen LogP contribution in [-0.4, -0.2) is 14.2 Å². The standard InChI is InChI=1S/C34H27O2P2S2/c1-35-29-14-7-6-13-28(29)34-30(36-2)15-8-16-31(34)38(33-18-10-24-40-33)37(26-11-4-3-5-12-26)27-21-19-25(20-22-27)32-17-9-23-39-32/h3-12,14-24H,1-2H3/t37?,38-/m0/s1. The summed E-state index contributed by atoms with van der Waals surface area (Å²) in [5, 5.41) is 8.32. The Labute approximate surface area is 246 Å². The molecular weight excluding hydrogens is 566 g/mol. The summed E-state index contributed by atoms with van der Waals surface area (Å²) in [6.45, 7) is 0. The van der Waals surface area contributed by atoms with Crippen molar-refractivity contribution in [3.63, 3.8) is 0 Å². The third kappa shape index (κ3) is 5.38. The molecule has 6 heteroatoms. The fourth-order valence-corrected chi connectivity index (χ4v) is 15.3. The number of hydrogen-bond donors (Lipinski definition) is 0. The second kappa shape index (κ2) is 12.5. The van der Waals surface area contributed by atoms with Gasteiger partial charge in [-0.25, -0.2) is 0 Å². The van der Waals surface area contributed by atoms with Gasteiger partial charge in [0.2, 0.25) is 0 Å². The van der Waals surface area contributed by atoms with Crippen molar-refractivity contribution in [2.24, 2.45) is 0 Å². The molecule has 0 aliphatic heterocycles. The molecule has 4 aromatic carbocycles. The van der Waals surface area contributed by atoms with E-state index in [1.807, 2.05) is 35.6 Å². The predicted molar refractivity (Wildman–Crippen MR) is 177 cm³/mol. The lowest BCUT2D eigenvalue weighted by Crippen LogP contribution is -2.20. The Balaban J connectivity index is 1.60. The molecule has 2 nitrogen and oxygen atoms in total. The van der Waals surface area contributed by atoms with Gasteiger partial charge in [0.1, 0.15) is 11.5 Å². The van der Waals surface area contributed by atoms with Gasteiger partial charge in [-0.1, -0.05) is 91.0 Å². The van der Waals surface area contributed by atoms with Crippen LogP contribution in [0.5, 0.6) is 11.5 Å². The van der Waals surface area contributed by atoms with Crippen molar-refractivity contribution in [3.05, 3.63) is 132 Å². The second-order valence-corrected chi connectivity index (χ2v) is 16.7. The molecule has 0 bridgehead atoms. The smallest absolute Gasteiger partial charge is 0.127 e. The molecule has 197 valence electrons. The highest BCUT2D eigenvalue weighted by Gasteiger charge is 2.32. The molecule has 0 aliphatic rings. The van der Waals surface area contributed by atoms with Crippen molar-refractivity contribution >= 4 is 58.4 Å². The van der Waals surface area contributed by atoms with Gasteiger partial charge in [-0.15, -0.1) is 22.7 Å². The first-order valence-corrected chi connectivity index (χ1v) is 18.0. The minimum Gasteiger partial charge on any atom is -0.496 e. The molecule has 6 rings (SSSR count). The minimum absolute atomic E-state index is 0.781. The van der Waals surface area contributed by atoms with Crippen molar-refractivity contribution < 1.29 is 9.47 Å². The Hall–Kier alpha value is -3.26. The van der Waals surface area contributed by atoms with Crippen LogP contribution in [0.1, 0.15) is 0 Å². The van der Waals surface area contributed by atoms with E-state index >= 15 is 0 Å². The molecule has 1 radical (unpaired) electrons. The van der Waals surface area contributed by atoms with Crippen LogP contribution < -0.4 is 30.0 Å². The Morgan fingerprint density at radius 3 is 2.02 bits per heavy atom. The van der Waals surface area contributed by atoms with Gasteiger partial charge in [0.25, 0.3) is 0 Å². The average Bonchev–Trinajstić information content (AvgIpc) is 3.76. The molecule has 0 fully saturated rings. The topological polar surface area (TPSA) is 18.5 Å². The predicted octanol–water partition coefficient (Wildman–Crippen LogP) is 8.44. The van der Waals surface area contributed by atoms with Crippen molar-refractivity contribution in [2.75, 3.05) is 14.2 Å². The highest BCUT2D eigenvalue weighted by atomic mass is 32.1. The summed E-state index contributed by atoms with van der Waals surface area (Å²) in [6.07, 6.45) is 0. The van der Waals surface area contributed by atoms with Gasteiger partial charge in [0, 0.05) is 28.2 Å². The zero-order valence-electron chi connectivity index (χ0n) is 22.2. The van der Waals surface area contributed by atoms with Gasteiger partial charge in [-0.3, -0.25) is 0 Å². The Morgan fingerprint density at radius 1 is 0.600 bits per heavy atom. The lowest BCUT2D eigenvalue weighted by molar-refractivity contribution is 0.410. The fourth-order valence-electron chi connectivity index (χ4n) is 4.78. The second-order valence-electron chi connectivity index (χ2n) is 8.90. The van der Waals surface area contributed by atoms with Crippen LogP contribution in [0.15, 0.2) is 126 Å². The molecule has 0 spiro atoms. The molecule has 2 atom stereocenters. The molecule has 0 amide bonds. The molecular formula is C34H27O2P2S2. The summed E-state index contributed by atoms with van der Waals surface area (Å²) in [5.74, 6) is 1.62. The number of benzene rings is 4. The van der Waals surface area contributed by atoms with Crippen molar-refractivity contribution in [1.29, 1.82) is 0 Å². The zero-order chi connectivity index (χ0) is 27.3. The molecule has 40 heavy (non-hydrogen) atoms. The maximum atomic E-state index is 6.00. The van der Waals surface area contributed by atoms with E-state index in [1.165, 1.54) is 31.0 Å². The lowest BCUT2D eigenvalue weighted by atomic mass is 10.0. The van der Waals surface area contributed by atoms with Gasteiger partial charge in [0.15, 0.2) is 0 Å². The first-order chi connectivity index (χ1) is 19.8. The van der Waals surface area contributed by atoms with E-state index in [9.17, 15) is 0 Å². The number of rotatable bonds is 9. The monoisotopic (exact) mass is 593 g/mol. The van der Waals surface area contributed by atoms with Gasteiger partial charge < -0.3 is 9.47 Å². The van der Waals surface area contributed by atoms with E-state index in [4.69, 9.17) is 9.47 Å². The fraction of sp³-hybridized carbons (Fsp3) is 0.0588. The van der Waals surface area contributed by atoms with Crippen LogP contribution in [0.25, 0.3) is 21.6 Å². The molecule has 0 saturated carbocycles.